The molecule has 0 fully saturated rings. The van der Waals surface area contributed by atoms with E-state index in [1.165, 1.54) is 26.0 Å². The minimum atomic E-state index is -1.41. The lowest BCUT2D eigenvalue weighted by molar-refractivity contribution is -0.147. The number of carboxylic acid groups (broad SMARTS) is 1. The van der Waals surface area contributed by atoms with Crippen LogP contribution in [0.15, 0.2) is 18.2 Å². The summed E-state index contributed by atoms with van der Waals surface area (Å²) in [5, 5.41) is 28.2. The van der Waals surface area contributed by atoms with Gasteiger partial charge in [-0.05, 0) is 39.0 Å². The number of likely N-dealkylation sites (N-methyl/N-ethyl adjacent to an activating group) is 1. The highest BCUT2D eigenvalue weighted by Gasteiger charge is 2.38. The van der Waals surface area contributed by atoms with E-state index in [2.05, 4.69) is 0 Å². The second kappa shape index (κ2) is 5.17. The van der Waals surface area contributed by atoms with Crippen molar-refractivity contribution >= 4 is 11.9 Å². The first kappa shape index (κ1) is 14.8. The molecule has 1 amide bonds. The van der Waals surface area contributed by atoms with Gasteiger partial charge in [-0.15, -0.1) is 0 Å². The van der Waals surface area contributed by atoms with Gasteiger partial charge in [-0.3, -0.25) is 4.79 Å². The topological polar surface area (TPSA) is 98.1 Å². The second-order valence-corrected chi connectivity index (χ2v) is 4.62. The first-order valence-electron chi connectivity index (χ1n) is 5.79. The van der Waals surface area contributed by atoms with Crippen molar-refractivity contribution in [3.63, 3.8) is 0 Å². The molecule has 0 aromatic heterocycles. The molecule has 0 aliphatic heterocycles. The molecule has 104 valence electrons. The molecule has 19 heavy (non-hydrogen) atoms. The minimum absolute atomic E-state index is 0.129. The van der Waals surface area contributed by atoms with Gasteiger partial charge in [0.25, 0.3) is 5.91 Å². The third kappa shape index (κ3) is 2.78. The van der Waals surface area contributed by atoms with E-state index < -0.39 is 17.4 Å². The van der Waals surface area contributed by atoms with Crippen molar-refractivity contribution in [1.82, 2.24) is 4.90 Å². The minimum Gasteiger partial charge on any atom is -0.508 e. The maximum absolute atomic E-state index is 12.3. The smallest absolute Gasteiger partial charge is 0.329 e. The molecule has 0 saturated carbocycles. The van der Waals surface area contributed by atoms with Gasteiger partial charge in [0.2, 0.25) is 0 Å². The standard InChI is InChI=1S/C13H17NO5/c1-4-14(13(2,3)12(18)19)11(17)9-7-8(15)5-6-10(9)16/h5-7,15-16H,4H2,1-3H3,(H,18,19). The summed E-state index contributed by atoms with van der Waals surface area (Å²) in [5.41, 5.74) is -1.54. The molecule has 0 radical (unpaired) electrons. The van der Waals surface area contributed by atoms with Crippen molar-refractivity contribution in [2.24, 2.45) is 0 Å². The Labute approximate surface area is 110 Å². The van der Waals surface area contributed by atoms with E-state index in [1.54, 1.807) is 6.92 Å². The maximum Gasteiger partial charge on any atom is 0.329 e. The van der Waals surface area contributed by atoms with Crippen LogP contribution in [0.1, 0.15) is 31.1 Å². The zero-order valence-electron chi connectivity index (χ0n) is 11.0. The summed E-state index contributed by atoms with van der Waals surface area (Å²) < 4.78 is 0. The first-order chi connectivity index (χ1) is 8.71. The Morgan fingerprint density at radius 1 is 1.26 bits per heavy atom. The van der Waals surface area contributed by atoms with E-state index in [9.17, 15) is 19.8 Å². The van der Waals surface area contributed by atoms with Gasteiger partial charge in [-0.25, -0.2) is 4.79 Å². The molecule has 6 heteroatoms. The van der Waals surface area contributed by atoms with E-state index in [-0.39, 0.29) is 23.6 Å². The summed E-state index contributed by atoms with van der Waals surface area (Å²) in [7, 11) is 0. The number of phenols is 2. The highest BCUT2D eigenvalue weighted by atomic mass is 16.4. The molecule has 0 atom stereocenters. The number of aliphatic carboxylic acids is 1. The Balaban J connectivity index is 3.23. The predicted molar refractivity (Wildman–Crippen MR) is 68.2 cm³/mol. The van der Waals surface area contributed by atoms with E-state index in [1.807, 2.05) is 0 Å². The van der Waals surface area contributed by atoms with E-state index in [0.29, 0.717) is 0 Å². The van der Waals surface area contributed by atoms with Crippen molar-refractivity contribution in [2.75, 3.05) is 6.54 Å². The first-order valence-corrected chi connectivity index (χ1v) is 5.79. The molecule has 1 aromatic carbocycles. The van der Waals surface area contributed by atoms with Gasteiger partial charge in [-0.2, -0.15) is 0 Å². The van der Waals surface area contributed by atoms with Crippen LogP contribution < -0.4 is 0 Å². The number of carboxylic acids is 1. The summed E-state index contributed by atoms with van der Waals surface area (Å²) in [6, 6.07) is 3.53. The fourth-order valence-electron chi connectivity index (χ4n) is 1.75. The molecule has 0 aliphatic rings. The number of benzene rings is 1. The van der Waals surface area contributed by atoms with Crippen LogP contribution in [0.3, 0.4) is 0 Å². The Kier molecular flexibility index (Phi) is 4.04. The lowest BCUT2D eigenvalue weighted by Gasteiger charge is -2.34. The van der Waals surface area contributed by atoms with Gasteiger partial charge >= 0.3 is 5.97 Å². The quantitative estimate of drug-likeness (QED) is 0.717. The largest absolute Gasteiger partial charge is 0.508 e. The van der Waals surface area contributed by atoms with Crippen LogP contribution in [-0.2, 0) is 4.79 Å². The van der Waals surface area contributed by atoms with Crippen LogP contribution in [0.2, 0.25) is 0 Å². The summed E-state index contributed by atoms with van der Waals surface area (Å²) in [6.45, 7) is 4.60. The lowest BCUT2D eigenvalue weighted by atomic mass is 10.0. The van der Waals surface area contributed by atoms with Crippen LogP contribution in [0.5, 0.6) is 11.5 Å². The van der Waals surface area contributed by atoms with Gasteiger partial charge in [0, 0.05) is 6.54 Å². The summed E-state index contributed by atoms with van der Waals surface area (Å²) in [4.78, 5) is 24.6. The normalized spacial score (nSPS) is 11.1. The molecule has 0 bridgehead atoms. The summed E-state index contributed by atoms with van der Waals surface area (Å²) in [6.07, 6.45) is 0. The zero-order chi connectivity index (χ0) is 14.8. The predicted octanol–water partition coefficient (Wildman–Crippen LogP) is 1.42. The Morgan fingerprint density at radius 3 is 2.32 bits per heavy atom. The molecule has 0 spiro atoms. The molecule has 3 N–H and O–H groups in total. The van der Waals surface area contributed by atoms with Crippen LogP contribution in [0.25, 0.3) is 0 Å². The Bertz CT molecular complexity index is 510. The fourth-order valence-corrected chi connectivity index (χ4v) is 1.75. The molecular weight excluding hydrogens is 250 g/mol. The third-order valence-electron chi connectivity index (χ3n) is 2.97. The number of carbonyl (C=O) groups excluding carboxylic acids is 1. The van der Waals surface area contributed by atoms with Gasteiger partial charge in [-0.1, -0.05) is 0 Å². The van der Waals surface area contributed by atoms with Gasteiger partial charge in [0.15, 0.2) is 0 Å². The van der Waals surface area contributed by atoms with Crippen molar-refractivity contribution < 1.29 is 24.9 Å². The van der Waals surface area contributed by atoms with Crippen molar-refractivity contribution in [3.05, 3.63) is 23.8 Å². The molecular formula is C13H17NO5. The average molecular weight is 267 g/mol. The second-order valence-electron chi connectivity index (χ2n) is 4.62. The van der Waals surface area contributed by atoms with Crippen LogP contribution in [0, 0.1) is 0 Å². The Hall–Kier alpha value is -2.24. The summed E-state index contributed by atoms with van der Waals surface area (Å²) >= 11 is 0. The maximum atomic E-state index is 12.3. The molecule has 0 aliphatic carbocycles. The van der Waals surface area contributed by atoms with Crippen LogP contribution in [-0.4, -0.2) is 44.2 Å². The fraction of sp³-hybridized carbons (Fsp3) is 0.385. The van der Waals surface area contributed by atoms with E-state index >= 15 is 0 Å². The number of hydrogen-bond donors (Lipinski definition) is 3. The van der Waals surface area contributed by atoms with Crippen molar-refractivity contribution in [2.45, 2.75) is 26.3 Å². The van der Waals surface area contributed by atoms with Gasteiger partial charge < -0.3 is 20.2 Å². The molecule has 0 saturated heterocycles. The van der Waals surface area contributed by atoms with Crippen LogP contribution in [0.4, 0.5) is 0 Å². The van der Waals surface area contributed by atoms with Crippen molar-refractivity contribution in [1.29, 1.82) is 0 Å². The lowest BCUT2D eigenvalue weighted by Crippen LogP contribution is -2.52. The number of amides is 1. The number of nitrogens with zero attached hydrogens (tertiary/aromatic N) is 1. The van der Waals surface area contributed by atoms with Crippen LogP contribution >= 0.6 is 0 Å². The van der Waals surface area contributed by atoms with Gasteiger partial charge in [0.05, 0.1) is 5.56 Å². The number of aromatic hydroxyl groups is 2. The molecule has 0 heterocycles. The molecule has 0 unspecified atom stereocenters. The monoisotopic (exact) mass is 267 g/mol. The van der Waals surface area contributed by atoms with Crippen molar-refractivity contribution in [3.8, 4) is 11.5 Å². The number of rotatable bonds is 4. The number of phenolic OH excluding ortho intramolecular Hbond substituents is 2. The Morgan fingerprint density at radius 2 is 1.84 bits per heavy atom. The molecule has 6 nitrogen and oxygen atoms in total. The number of carbonyl (C=O) groups is 2. The third-order valence-corrected chi connectivity index (χ3v) is 2.97. The number of hydrogen-bond acceptors (Lipinski definition) is 4. The summed E-state index contributed by atoms with van der Waals surface area (Å²) in [5.74, 6) is -2.28. The van der Waals surface area contributed by atoms with E-state index in [4.69, 9.17) is 5.11 Å². The molecule has 1 rings (SSSR count). The SMILES string of the molecule is CCN(C(=O)c1cc(O)ccc1O)C(C)(C)C(=O)O. The molecule has 1 aromatic rings. The zero-order valence-corrected chi connectivity index (χ0v) is 11.0. The van der Waals surface area contributed by atoms with E-state index in [0.717, 1.165) is 11.0 Å². The highest BCUT2D eigenvalue weighted by Crippen LogP contribution is 2.26. The highest BCUT2D eigenvalue weighted by molar-refractivity contribution is 6.00. The average Bonchev–Trinajstić information content (AvgIpc) is 2.32. The van der Waals surface area contributed by atoms with Gasteiger partial charge in [0.1, 0.15) is 17.0 Å².